The molecule has 3 aliphatic carbocycles. The molecule has 0 aromatic heterocycles. The van der Waals surface area contributed by atoms with Crippen LogP contribution in [0.2, 0.25) is 0 Å². The van der Waals surface area contributed by atoms with E-state index in [-0.39, 0.29) is 11.5 Å². The summed E-state index contributed by atoms with van der Waals surface area (Å²) >= 11 is 0. The van der Waals surface area contributed by atoms with E-state index < -0.39 is 5.60 Å². The van der Waals surface area contributed by atoms with Crippen molar-refractivity contribution in [1.82, 2.24) is 0 Å². The molecule has 3 saturated carbocycles. The van der Waals surface area contributed by atoms with Gasteiger partial charge in [0.1, 0.15) is 0 Å². The molecule has 0 unspecified atom stereocenters. The van der Waals surface area contributed by atoms with E-state index in [4.69, 9.17) is 0 Å². The average Bonchev–Trinajstić information content (AvgIpc) is 2.28. The Morgan fingerprint density at radius 1 is 1.00 bits per heavy atom. The molecule has 0 aliphatic heterocycles. The number of hydrogen-bond acceptors (Lipinski definition) is 2. The van der Waals surface area contributed by atoms with Gasteiger partial charge in [0.2, 0.25) is 0 Å². The monoisotopic (exact) mass is 238 g/mol. The van der Waals surface area contributed by atoms with Gasteiger partial charge in [-0.25, -0.2) is 0 Å². The molecule has 0 radical (unpaired) electrons. The first-order valence-electron chi connectivity index (χ1n) is 7.17. The Balaban J connectivity index is 1.93. The number of aliphatic hydroxyl groups is 2. The predicted molar refractivity (Wildman–Crippen MR) is 67.5 cm³/mol. The van der Waals surface area contributed by atoms with E-state index in [1.54, 1.807) is 0 Å². The van der Waals surface area contributed by atoms with Crippen molar-refractivity contribution in [2.75, 3.05) is 0 Å². The molecule has 3 aliphatic rings. The molecule has 0 aromatic carbocycles. The van der Waals surface area contributed by atoms with Gasteiger partial charge >= 0.3 is 0 Å². The molecule has 0 saturated heterocycles. The van der Waals surface area contributed by atoms with Crippen LogP contribution in [0.25, 0.3) is 0 Å². The third-order valence-electron chi connectivity index (χ3n) is 6.32. The van der Waals surface area contributed by atoms with Crippen LogP contribution in [0.3, 0.4) is 0 Å². The van der Waals surface area contributed by atoms with Crippen molar-refractivity contribution in [3.63, 3.8) is 0 Å². The minimum atomic E-state index is -0.481. The lowest BCUT2D eigenvalue weighted by atomic mass is 9.49. The Hall–Kier alpha value is -0.0800. The number of rotatable bonds is 0. The molecule has 2 N–H and O–H groups in total. The maximum atomic E-state index is 11.0. The molecule has 3 rings (SSSR count). The molecule has 2 bridgehead atoms. The Morgan fingerprint density at radius 3 is 2.35 bits per heavy atom. The van der Waals surface area contributed by atoms with Gasteiger partial charge in [-0.2, -0.15) is 0 Å². The Kier molecular flexibility index (Phi) is 2.30. The molecule has 2 heteroatoms. The maximum absolute atomic E-state index is 11.0. The largest absolute Gasteiger partial charge is 0.393 e. The molecule has 2 nitrogen and oxygen atoms in total. The molecule has 0 amide bonds. The first-order valence-corrected chi connectivity index (χ1v) is 7.17. The molecule has 0 heterocycles. The van der Waals surface area contributed by atoms with Crippen LogP contribution in [0.15, 0.2) is 0 Å². The van der Waals surface area contributed by atoms with E-state index in [0.29, 0.717) is 17.3 Å². The minimum Gasteiger partial charge on any atom is -0.393 e. The summed E-state index contributed by atoms with van der Waals surface area (Å²) in [7, 11) is 0. The highest BCUT2D eigenvalue weighted by atomic mass is 16.3. The minimum absolute atomic E-state index is 0.0413. The Morgan fingerprint density at radius 2 is 1.71 bits per heavy atom. The fourth-order valence-corrected chi connectivity index (χ4v) is 5.10. The lowest BCUT2D eigenvalue weighted by molar-refractivity contribution is -0.176. The zero-order chi connectivity index (χ0) is 12.5. The summed E-state index contributed by atoms with van der Waals surface area (Å²) in [5.74, 6) is 1.16. The van der Waals surface area contributed by atoms with Crippen LogP contribution >= 0.6 is 0 Å². The second-order valence-electron chi connectivity index (χ2n) is 7.93. The maximum Gasteiger partial charge on any atom is 0.0686 e. The van der Waals surface area contributed by atoms with Gasteiger partial charge in [-0.05, 0) is 61.2 Å². The fraction of sp³-hybridized carbons (Fsp3) is 1.00. The summed E-state index contributed by atoms with van der Waals surface area (Å²) in [6.45, 7) is 6.86. The normalized spacial score (nSPS) is 56.6. The SMILES string of the molecule is CC1(C)C[C@H]2[C@H]1CC[C@@]1(C)C[C@]2(O)CC[C@H]1O. The first kappa shape index (κ1) is 12.0. The second kappa shape index (κ2) is 3.27. The standard InChI is InChI=1S/C15H26O2/c1-13(2)8-11-10(13)4-6-14(3)9-15(11,17)7-5-12(14)16/h10-12,16-17H,4-9H2,1-3H3/t10-,11+,12-,14+,15-/m1/s1. The second-order valence-corrected chi connectivity index (χ2v) is 7.93. The summed E-state index contributed by atoms with van der Waals surface area (Å²) in [6, 6.07) is 0. The van der Waals surface area contributed by atoms with Gasteiger partial charge in [-0.15, -0.1) is 0 Å². The van der Waals surface area contributed by atoms with Crippen LogP contribution < -0.4 is 0 Å². The lowest BCUT2D eigenvalue weighted by Crippen LogP contribution is -2.57. The van der Waals surface area contributed by atoms with Crippen LogP contribution in [0.1, 0.15) is 59.3 Å². The van der Waals surface area contributed by atoms with Crippen molar-refractivity contribution in [3.8, 4) is 0 Å². The highest BCUT2D eigenvalue weighted by molar-refractivity contribution is 5.12. The first-order chi connectivity index (χ1) is 7.77. The number of fused-ring (bicyclic) bond motifs is 4. The molecule has 0 spiro atoms. The van der Waals surface area contributed by atoms with E-state index in [1.165, 1.54) is 12.8 Å². The quantitative estimate of drug-likeness (QED) is 0.681. The Labute approximate surface area is 104 Å². The Bertz CT molecular complexity index is 338. The number of hydrogen-bond donors (Lipinski definition) is 2. The number of aliphatic hydroxyl groups excluding tert-OH is 1. The van der Waals surface area contributed by atoms with Gasteiger partial charge in [-0.3, -0.25) is 0 Å². The van der Waals surface area contributed by atoms with Gasteiger partial charge in [0.25, 0.3) is 0 Å². The smallest absolute Gasteiger partial charge is 0.0686 e. The van der Waals surface area contributed by atoms with Gasteiger partial charge in [0.05, 0.1) is 11.7 Å². The van der Waals surface area contributed by atoms with Gasteiger partial charge in [0, 0.05) is 0 Å². The van der Waals surface area contributed by atoms with E-state index in [1.807, 2.05) is 0 Å². The van der Waals surface area contributed by atoms with Crippen molar-refractivity contribution in [2.45, 2.75) is 71.0 Å². The van der Waals surface area contributed by atoms with Gasteiger partial charge < -0.3 is 10.2 Å². The average molecular weight is 238 g/mol. The highest BCUT2D eigenvalue weighted by Crippen LogP contribution is 2.64. The van der Waals surface area contributed by atoms with Crippen molar-refractivity contribution in [3.05, 3.63) is 0 Å². The summed E-state index contributed by atoms with van der Waals surface area (Å²) in [5.41, 5.74) is -0.121. The molecular weight excluding hydrogens is 212 g/mol. The van der Waals surface area contributed by atoms with Crippen LogP contribution in [0, 0.1) is 22.7 Å². The fourth-order valence-electron chi connectivity index (χ4n) is 5.10. The van der Waals surface area contributed by atoms with Crippen molar-refractivity contribution in [1.29, 1.82) is 0 Å². The van der Waals surface area contributed by atoms with Crippen LogP contribution in [0.4, 0.5) is 0 Å². The lowest BCUT2D eigenvalue weighted by Gasteiger charge is -2.58. The molecule has 98 valence electrons. The third-order valence-corrected chi connectivity index (χ3v) is 6.32. The van der Waals surface area contributed by atoms with Gasteiger partial charge in [-0.1, -0.05) is 20.8 Å². The van der Waals surface area contributed by atoms with E-state index >= 15 is 0 Å². The molecular formula is C15H26O2. The van der Waals surface area contributed by atoms with E-state index in [0.717, 1.165) is 25.7 Å². The third kappa shape index (κ3) is 1.53. The van der Waals surface area contributed by atoms with Crippen LogP contribution in [0.5, 0.6) is 0 Å². The van der Waals surface area contributed by atoms with Crippen molar-refractivity contribution >= 4 is 0 Å². The van der Waals surface area contributed by atoms with Crippen LogP contribution in [-0.4, -0.2) is 21.9 Å². The summed E-state index contributed by atoms with van der Waals surface area (Å²) < 4.78 is 0. The van der Waals surface area contributed by atoms with E-state index in [2.05, 4.69) is 20.8 Å². The van der Waals surface area contributed by atoms with E-state index in [9.17, 15) is 10.2 Å². The molecule has 17 heavy (non-hydrogen) atoms. The van der Waals surface area contributed by atoms with Crippen molar-refractivity contribution in [2.24, 2.45) is 22.7 Å². The topological polar surface area (TPSA) is 40.5 Å². The summed E-state index contributed by atoms with van der Waals surface area (Å²) in [6.07, 6.45) is 5.65. The zero-order valence-electron chi connectivity index (χ0n) is 11.4. The van der Waals surface area contributed by atoms with Crippen molar-refractivity contribution < 1.29 is 10.2 Å². The summed E-state index contributed by atoms with van der Waals surface area (Å²) in [5, 5.41) is 21.2. The van der Waals surface area contributed by atoms with Gasteiger partial charge in [0.15, 0.2) is 0 Å². The predicted octanol–water partition coefficient (Wildman–Crippen LogP) is 2.72. The van der Waals surface area contributed by atoms with Crippen LogP contribution in [-0.2, 0) is 0 Å². The molecule has 3 fully saturated rings. The zero-order valence-corrected chi connectivity index (χ0v) is 11.4. The molecule has 0 aromatic rings. The molecule has 5 atom stereocenters. The highest BCUT2D eigenvalue weighted by Gasteiger charge is 2.61. The summed E-state index contributed by atoms with van der Waals surface area (Å²) in [4.78, 5) is 0.